The molecule has 33 heavy (non-hydrogen) atoms. The predicted molar refractivity (Wildman–Crippen MR) is 127 cm³/mol. The van der Waals surface area contributed by atoms with Crippen LogP contribution >= 0.6 is 23.8 Å². The van der Waals surface area contributed by atoms with Crippen LogP contribution in [0.3, 0.4) is 0 Å². The first-order valence-corrected chi connectivity index (χ1v) is 10.6. The van der Waals surface area contributed by atoms with Gasteiger partial charge in [-0.05, 0) is 36.8 Å². The Hall–Kier alpha value is -3.50. The summed E-state index contributed by atoms with van der Waals surface area (Å²) in [6.45, 7) is 1.80. The zero-order chi connectivity index (χ0) is 24.1. The van der Waals surface area contributed by atoms with E-state index in [2.05, 4.69) is 5.16 Å². The SMILES string of the molecule is CC(COC(=O)c1cccc(-n2c(=O)n(C)c(=S)n(C)c2=O)c1Cl)=NOCc1ccccc1. The van der Waals surface area contributed by atoms with Gasteiger partial charge in [-0.25, -0.2) is 19.0 Å². The van der Waals surface area contributed by atoms with Gasteiger partial charge in [-0.2, -0.15) is 0 Å². The highest BCUT2D eigenvalue weighted by molar-refractivity contribution is 7.71. The molecule has 3 rings (SSSR count). The van der Waals surface area contributed by atoms with E-state index in [4.69, 9.17) is 33.4 Å². The molecule has 172 valence electrons. The van der Waals surface area contributed by atoms with Crippen molar-refractivity contribution in [3.63, 3.8) is 0 Å². The minimum absolute atomic E-state index is 0.00812. The number of nitrogens with zero attached hydrogens (tertiary/aromatic N) is 4. The van der Waals surface area contributed by atoms with Crippen molar-refractivity contribution in [1.82, 2.24) is 13.7 Å². The van der Waals surface area contributed by atoms with Gasteiger partial charge in [0.15, 0.2) is 4.77 Å². The summed E-state index contributed by atoms with van der Waals surface area (Å²) in [5, 5.41) is 3.82. The van der Waals surface area contributed by atoms with Crippen LogP contribution in [0.2, 0.25) is 5.02 Å². The molecule has 0 aliphatic heterocycles. The van der Waals surface area contributed by atoms with E-state index in [0.717, 1.165) is 19.3 Å². The van der Waals surface area contributed by atoms with Crippen LogP contribution in [0.1, 0.15) is 22.8 Å². The third kappa shape index (κ3) is 5.29. The summed E-state index contributed by atoms with van der Waals surface area (Å²) in [5.74, 6) is -0.742. The number of carbonyl (C=O) groups is 1. The Morgan fingerprint density at radius 3 is 2.30 bits per heavy atom. The van der Waals surface area contributed by atoms with Crippen molar-refractivity contribution in [2.75, 3.05) is 6.61 Å². The second-order valence-electron chi connectivity index (χ2n) is 7.10. The molecule has 0 aliphatic carbocycles. The van der Waals surface area contributed by atoms with E-state index in [1.165, 1.54) is 32.3 Å². The third-order valence-corrected chi connectivity index (χ3v) is 5.62. The Labute approximate surface area is 199 Å². The lowest BCUT2D eigenvalue weighted by Crippen LogP contribution is -2.43. The van der Waals surface area contributed by atoms with E-state index in [1.807, 2.05) is 30.3 Å². The zero-order valence-electron chi connectivity index (χ0n) is 18.1. The minimum Gasteiger partial charge on any atom is -0.456 e. The van der Waals surface area contributed by atoms with Crippen LogP contribution in [0.5, 0.6) is 0 Å². The number of carbonyl (C=O) groups excluding carboxylic acids is 1. The van der Waals surface area contributed by atoms with Crippen molar-refractivity contribution in [2.45, 2.75) is 13.5 Å². The lowest BCUT2D eigenvalue weighted by atomic mass is 10.2. The lowest BCUT2D eigenvalue weighted by Gasteiger charge is -2.13. The van der Waals surface area contributed by atoms with Crippen molar-refractivity contribution in [3.05, 3.63) is 90.4 Å². The number of halogens is 1. The van der Waals surface area contributed by atoms with E-state index < -0.39 is 17.3 Å². The van der Waals surface area contributed by atoms with E-state index in [9.17, 15) is 14.4 Å². The summed E-state index contributed by atoms with van der Waals surface area (Å²) in [4.78, 5) is 43.2. The first kappa shape index (κ1) is 24.1. The standard InChI is InChI=1S/C22H21ClN4O5S/c1-14(24-32-13-15-8-5-4-6-9-15)12-31-19(28)16-10-7-11-17(18(16)23)27-20(29)25(2)22(33)26(3)21(27)30/h4-11H,12-13H2,1-3H3. The van der Waals surface area contributed by atoms with Crippen molar-refractivity contribution < 1.29 is 14.4 Å². The molecule has 0 saturated carbocycles. The molecular weight excluding hydrogens is 468 g/mol. The molecular formula is C22H21ClN4O5S. The molecule has 0 amide bonds. The summed E-state index contributed by atoms with van der Waals surface area (Å²) in [7, 11) is 2.88. The fourth-order valence-corrected chi connectivity index (χ4v) is 3.34. The van der Waals surface area contributed by atoms with Crippen LogP contribution < -0.4 is 11.4 Å². The minimum atomic E-state index is -0.742. The number of oxime groups is 1. The van der Waals surface area contributed by atoms with Gasteiger partial charge in [0.25, 0.3) is 0 Å². The first-order chi connectivity index (χ1) is 15.7. The van der Waals surface area contributed by atoms with Crippen LogP contribution in [0, 0.1) is 4.77 Å². The highest BCUT2D eigenvalue weighted by atomic mass is 35.5. The Balaban J connectivity index is 1.78. The molecule has 0 unspecified atom stereocenters. The number of esters is 1. The molecule has 0 aliphatic rings. The Morgan fingerprint density at radius 2 is 1.67 bits per heavy atom. The molecule has 0 saturated heterocycles. The number of rotatable bonds is 7. The number of ether oxygens (including phenoxy) is 1. The van der Waals surface area contributed by atoms with Crippen LogP contribution in [0.25, 0.3) is 5.69 Å². The van der Waals surface area contributed by atoms with Crippen LogP contribution in [0.15, 0.2) is 63.3 Å². The topological polar surface area (TPSA) is 96.8 Å². The molecule has 0 N–H and O–H groups in total. The smallest absolute Gasteiger partial charge is 0.340 e. The molecule has 1 heterocycles. The van der Waals surface area contributed by atoms with E-state index in [0.29, 0.717) is 5.71 Å². The molecule has 2 aromatic carbocycles. The largest absolute Gasteiger partial charge is 0.456 e. The number of hydrogen-bond donors (Lipinski definition) is 0. The summed E-state index contributed by atoms with van der Waals surface area (Å²) in [6.07, 6.45) is 0. The van der Waals surface area contributed by atoms with Crippen molar-refractivity contribution in [3.8, 4) is 5.69 Å². The van der Waals surface area contributed by atoms with E-state index in [-0.39, 0.29) is 34.3 Å². The summed E-state index contributed by atoms with van der Waals surface area (Å²) in [5.41, 5.74) is 0.0476. The quantitative estimate of drug-likeness (QED) is 0.219. The van der Waals surface area contributed by atoms with Crippen LogP contribution in [-0.4, -0.2) is 32.0 Å². The first-order valence-electron chi connectivity index (χ1n) is 9.76. The average Bonchev–Trinajstić information content (AvgIpc) is 2.82. The maximum Gasteiger partial charge on any atom is 0.340 e. The molecule has 0 atom stereocenters. The second-order valence-corrected chi connectivity index (χ2v) is 7.84. The maximum absolute atomic E-state index is 12.7. The van der Waals surface area contributed by atoms with Gasteiger partial charge in [0.05, 0.1) is 22.0 Å². The van der Waals surface area contributed by atoms with Crippen molar-refractivity contribution in [1.29, 1.82) is 0 Å². The lowest BCUT2D eigenvalue weighted by molar-refractivity contribution is 0.0555. The van der Waals surface area contributed by atoms with E-state index >= 15 is 0 Å². The molecule has 11 heteroatoms. The molecule has 0 fully saturated rings. The number of hydrogen-bond acceptors (Lipinski definition) is 7. The van der Waals surface area contributed by atoms with Crippen molar-refractivity contribution >= 4 is 35.5 Å². The van der Waals surface area contributed by atoms with Crippen LogP contribution in [-0.2, 0) is 30.3 Å². The summed E-state index contributed by atoms with van der Waals surface area (Å²) in [6, 6.07) is 13.9. The normalized spacial score (nSPS) is 11.3. The van der Waals surface area contributed by atoms with Gasteiger partial charge in [0.2, 0.25) is 0 Å². The number of aromatic nitrogens is 3. The summed E-state index contributed by atoms with van der Waals surface area (Å²) >= 11 is 11.5. The Bertz CT molecular complexity index is 1350. The van der Waals surface area contributed by atoms with Gasteiger partial charge >= 0.3 is 17.3 Å². The number of benzene rings is 2. The van der Waals surface area contributed by atoms with Gasteiger partial charge in [0, 0.05) is 14.1 Å². The summed E-state index contributed by atoms with van der Waals surface area (Å²) < 4.78 is 8.43. The molecule has 3 aromatic rings. The predicted octanol–water partition coefficient (Wildman–Crippen LogP) is 3.01. The van der Waals surface area contributed by atoms with E-state index in [1.54, 1.807) is 6.92 Å². The fraction of sp³-hybridized carbons (Fsp3) is 0.227. The van der Waals surface area contributed by atoms with Gasteiger partial charge in [0.1, 0.15) is 13.2 Å². The van der Waals surface area contributed by atoms with Gasteiger partial charge in [-0.15, -0.1) is 0 Å². The monoisotopic (exact) mass is 488 g/mol. The molecule has 9 nitrogen and oxygen atoms in total. The highest BCUT2D eigenvalue weighted by Gasteiger charge is 2.19. The van der Waals surface area contributed by atoms with Crippen LogP contribution in [0.4, 0.5) is 0 Å². The zero-order valence-corrected chi connectivity index (χ0v) is 19.7. The van der Waals surface area contributed by atoms with Crippen molar-refractivity contribution in [2.24, 2.45) is 19.3 Å². The van der Waals surface area contributed by atoms with Gasteiger partial charge < -0.3 is 9.57 Å². The molecule has 1 aromatic heterocycles. The molecule has 0 spiro atoms. The second kappa shape index (κ2) is 10.4. The molecule has 0 radical (unpaired) electrons. The Morgan fingerprint density at radius 1 is 1.03 bits per heavy atom. The fourth-order valence-electron chi connectivity index (χ4n) is 2.89. The maximum atomic E-state index is 12.7. The highest BCUT2D eigenvalue weighted by Crippen LogP contribution is 2.24. The average molecular weight is 489 g/mol. The molecule has 0 bridgehead atoms. The third-order valence-electron chi connectivity index (χ3n) is 4.68. The van der Waals surface area contributed by atoms with Gasteiger partial charge in [-0.3, -0.25) is 9.13 Å². The Kier molecular flexibility index (Phi) is 7.62. The van der Waals surface area contributed by atoms with Gasteiger partial charge in [-0.1, -0.05) is 53.2 Å².